The molecule has 0 bridgehead atoms. The van der Waals surface area contributed by atoms with Gasteiger partial charge in [-0.3, -0.25) is 4.79 Å². The van der Waals surface area contributed by atoms with E-state index in [1.54, 1.807) is 12.1 Å². The van der Waals surface area contributed by atoms with Crippen LogP contribution in [0.15, 0.2) is 46.7 Å². The molecule has 2 aliphatic rings. The number of fused-ring (bicyclic) bond motifs is 1. The van der Waals surface area contributed by atoms with Gasteiger partial charge in [0.15, 0.2) is 12.1 Å². The molecule has 0 saturated carbocycles. The van der Waals surface area contributed by atoms with Crippen LogP contribution in [-0.4, -0.2) is 90.4 Å². The van der Waals surface area contributed by atoms with Crippen molar-refractivity contribution < 1.29 is 37.0 Å². The van der Waals surface area contributed by atoms with Crippen molar-refractivity contribution in [3.63, 3.8) is 0 Å². The SMILES string of the molecule is [B]C(=O)N[C@H](CN(CC(C)C)S(=O)(=O)c1ccc(OC)cc1)[C@H](Cc1cccs1)NC(=O)O[C@H]1CO[C@H]2OCC[C@H]21. The minimum absolute atomic E-state index is 0.0325. The highest BCUT2D eigenvalue weighted by atomic mass is 32.2. The minimum Gasteiger partial charge on any atom is -0.497 e. The molecule has 5 atom stereocenters. The summed E-state index contributed by atoms with van der Waals surface area (Å²) in [5.74, 6) is -0.403. The third kappa shape index (κ3) is 8.22. The number of sulfonamides is 1. The monoisotopic (exact) mass is 605 g/mol. The van der Waals surface area contributed by atoms with E-state index in [2.05, 4.69) is 10.6 Å². The van der Waals surface area contributed by atoms with Gasteiger partial charge in [0.25, 0.3) is 0 Å². The molecule has 2 aromatic rings. The third-order valence-corrected chi connectivity index (χ3v) is 9.77. The lowest BCUT2D eigenvalue weighted by molar-refractivity contribution is -0.0907. The molecule has 3 heterocycles. The number of benzene rings is 1. The summed E-state index contributed by atoms with van der Waals surface area (Å²) >= 11 is 1.48. The Morgan fingerprint density at radius 1 is 1.12 bits per heavy atom. The number of methoxy groups -OCH3 is 1. The summed E-state index contributed by atoms with van der Waals surface area (Å²) in [6.45, 7) is 4.59. The van der Waals surface area contributed by atoms with Crippen LogP contribution in [0.5, 0.6) is 5.75 Å². The van der Waals surface area contributed by atoms with Crippen molar-refractivity contribution in [3.05, 3.63) is 46.7 Å². The van der Waals surface area contributed by atoms with E-state index in [0.717, 1.165) is 11.3 Å². The topological polar surface area (TPSA) is 132 Å². The number of carbonyl (C=O) groups excluding carboxylic acids is 2. The summed E-state index contributed by atoms with van der Waals surface area (Å²) < 4.78 is 50.9. The molecule has 2 radical (unpaired) electrons. The maximum absolute atomic E-state index is 13.8. The summed E-state index contributed by atoms with van der Waals surface area (Å²) in [5, 5.41) is 7.45. The Balaban J connectivity index is 1.58. The van der Waals surface area contributed by atoms with Gasteiger partial charge in [-0.1, -0.05) is 19.9 Å². The Morgan fingerprint density at radius 3 is 2.51 bits per heavy atom. The lowest BCUT2D eigenvalue weighted by atomic mass is 10.0. The van der Waals surface area contributed by atoms with E-state index in [4.69, 9.17) is 26.8 Å². The van der Waals surface area contributed by atoms with Crippen molar-refractivity contribution in [3.8, 4) is 5.75 Å². The van der Waals surface area contributed by atoms with Gasteiger partial charge in [0.05, 0.1) is 43.2 Å². The predicted octanol–water partition coefficient (Wildman–Crippen LogP) is 2.75. The zero-order valence-electron chi connectivity index (χ0n) is 23.4. The number of amides is 2. The van der Waals surface area contributed by atoms with Crippen LogP contribution in [0.1, 0.15) is 25.1 Å². The van der Waals surface area contributed by atoms with Gasteiger partial charge in [-0.2, -0.15) is 4.31 Å². The molecule has 11 nitrogen and oxygen atoms in total. The van der Waals surface area contributed by atoms with Crippen LogP contribution in [0, 0.1) is 11.8 Å². The molecule has 14 heteroatoms. The van der Waals surface area contributed by atoms with E-state index < -0.39 is 40.1 Å². The van der Waals surface area contributed by atoms with Crippen molar-refractivity contribution in [2.24, 2.45) is 11.8 Å². The number of nitrogens with one attached hydrogen (secondary N) is 2. The first-order valence-electron chi connectivity index (χ1n) is 13.5. The maximum atomic E-state index is 13.8. The van der Waals surface area contributed by atoms with Crippen LogP contribution >= 0.6 is 11.3 Å². The van der Waals surface area contributed by atoms with Crippen LogP contribution < -0.4 is 15.4 Å². The van der Waals surface area contributed by atoms with Gasteiger partial charge < -0.3 is 29.6 Å². The second-order valence-corrected chi connectivity index (χ2v) is 13.5. The van der Waals surface area contributed by atoms with E-state index in [0.29, 0.717) is 18.8 Å². The largest absolute Gasteiger partial charge is 0.497 e. The van der Waals surface area contributed by atoms with Crippen LogP contribution in [0.3, 0.4) is 0 Å². The van der Waals surface area contributed by atoms with Crippen LogP contribution in [0.2, 0.25) is 0 Å². The van der Waals surface area contributed by atoms with Crippen LogP contribution in [0.25, 0.3) is 0 Å². The number of rotatable bonds is 13. The minimum atomic E-state index is -3.99. The summed E-state index contributed by atoms with van der Waals surface area (Å²) in [4.78, 5) is 26.3. The average Bonchev–Trinajstić information content (AvgIpc) is 3.68. The first-order valence-corrected chi connectivity index (χ1v) is 15.8. The summed E-state index contributed by atoms with van der Waals surface area (Å²) in [7, 11) is 3.06. The van der Waals surface area contributed by atoms with Gasteiger partial charge in [0.2, 0.25) is 17.9 Å². The molecule has 0 unspecified atom stereocenters. The fourth-order valence-electron chi connectivity index (χ4n) is 5.06. The van der Waals surface area contributed by atoms with Crippen LogP contribution in [-0.2, 0) is 30.7 Å². The summed E-state index contributed by atoms with van der Waals surface area (Å²) in [5.41, 5.74) is 0. The molecule has 1 aromatic heterocycles. The quantitative estimate of drug-likeness (QED) is 0.333. The smallest absolute Gasteiger partial charge is 0.407 e. The van der Waals surface area contributed by atoms with E-state index in [1.165, 1.54) is 34.9 Å². The van der Waals surface area contributed by atoms with Gasteiger partial charge in [0, 0.05) is 24.4 Å². The second-order valence-electron chi connectivity index (χ2n) is 10.5. The standard InChI is InChI=1S/C27H36BN3O8S2/c1-17(2)14-31(41(34,35)20-8-6-18(36-3)7-9-20)15-23(29-26(28)32)22(13-19-5-4-12-40-19)30-27(33)39-24-16-38-25-21(24)10-11-37-25/h4-9,12,17,21-25H,10-11,13-16H2,1-3H3,(H,29,32)(H,30,33)/t21-,22-,23+,24-,25+/m0/s1. The Kier molecular flexibility index (Phi) is 10.7. The Labute approximate surface area is 246 Å². The fraction of sp³-hybridized carbons (Fsp3) is 0.556. The highest BCUT2D eigenvalue weighted by molar-refractivity contribution is 7.89. The number of alkyl carbamates (subject to hydrolysis) is 1. The number of thiophene rings is 1. The average molecular weight is 606 g/mol. The number of hydrogen-bond donors (Lipinski definition) is 2. The highest BCUT2D eigenvalue weighted by Crippen LogP contribution is 2.33. The zero-order chi connectivity index (χ0) is 29.6. The van der Waals surface area contributed by atoms with E-state index in [9.17, 15) is 18.0 Å². The fourth-order valence-corrected chi connectivity index (χ4v) is 7.45. The van der Waals surface area contributed by atoms with E-state index in [1.807, 2.05) is 31.4 Å². The Hall–Kier alpha value is -2.65. The highest BCUT2D eigenvalue weighted by Gasteiger charge is 2.44. The van der Waals surface area contributed by atoms with Gasteiger partial charge in [-0.25, -0.2) is 13.2 Å². The predicted molar refractivity (Wildman–Crippen MR) is 154 cm³/mol. The molecule has 4 rings (SSSR count). The number of nitrogens with zero attached hydrogens (tertiary/aromatic N) is 1. The van der Waals surface area contributed by atoms with E-state index in [-0.39, 0.29) is 42.7 Å². The van der Waals surface area contributed by atoms with Gasteiger partial charge >= 0.3 is 6.09 Å². The number of carbonyl (C=O) groups is 2. The summed E-state index contributed by atoms with van der Waals surface area (Å²) in [6, 6.07) is 8.25. The van der Waals surface area contributed by atoms with Crippen molar-refractivity contribution >= 4 is 41.1 Å². The van der Waals surface area contributed by atoms with Gasteiger partial charge in [-0.15, -0.1) is 11.3 Å². The van der Waals surface area contributed by atoms with Gasteiger partial charge in [-0.05, 0) is 48.1 Å². The molecule has 2 saturated heterocycles. The molecule has 2 N–H and O–H groups in total. The van der Waals surface area contributed by atoms with Crippen molar-refractivity contribution in [1.82, 2.24) is 14.9 Å². The summed E-state index contributed by atoms with van der Waals surface area (Å²) in [6.07, 6.45) is -0.517. The van der Waals surface area contributed by atoms with Crippen molar-refractivity contribution in [1.29, 1.82) is 0 Å². The molecule has 1 aromatic carbocycles. The normalized spacial score (nSPS) is 21.8. The van der Waals surface area contributed by atoms with Crippen molar-refractivity contribution in [2.75, 3.05) is 33.4 Å². The first-order chi connectivity index (χ1) is 19.6. The van der Waals surface area contributed by atoms with Gasteiger partial charge in [0.1, 0.15) is 11.9 Å². The molecule has 2 amide bonds. The van der Waals surface area contributed by atoms with E-state index >= 15 is 0 Å². The molecule has 222 valence electrons. The first kappa shape index (κ1) is 31.3. The lowest BCUT2D eigenvalue weighted by Gasteiger charge is -2.34. The molecule has 0 spiro atoms. The third-order valence-electron chi connectivity index (χ3n) is 7.03. The maximum Gasteiger partial charge on any atom is 0.407 e. The molecule has 41 heavy (non-hydrogen) atoms. The molecule has 0 aliphatic carbocycles. The van der Waals surface area contributed by atoms with Crippen molar-refractivity contribution in [2.45, 2.75) is 56.1 Å². The Bertz CT molecular complexity index is 1260. The molecule has 2 aliphatic heterocycles. The number of hydrogen-bond acceptors (Lipinski definition) is 9. The van der Waals surface area contributed by atoms with Crippen LogP contribution in [0.4, 0.5) is 9.59 Å². The Morgan fingerprint density at radius 2 is 1.88 bits per heavy atom. The lowest BCUT2D eigenvalue weighted by Crippen LogP contribution is -2.58. The molecular formula is C27H36BN3O8S2. The molecule has 2 fully saturated rings. The number of ether oxygens (including phenoxy) is 4. The second kappa shape index (κ2) is 14.0. The zero-order valence-corrected chi connectivity index (χ0v) is 25.0. The molecular weight excluding hydrogens is 569 g/mol.